The summed E-state index contributed by atoms with van der Waals surface area (Å²) in [5, 5.41) is 21.0. The number of methoxy groups -OCH3 is 1. The molecule has 1 unspecified atom stereocenters. The van der Waals surface area contributed by atoms with Crippen molar-refractivity contribution < 1.29 is 24.5 Å². The van der Waals surface area contributed by atoms with E-state index in [-0.39, 0.29) is 40.8 Å². The smallest absolute Gasteiger partial charge is 0.201 e. The highest BCUT2D eigenvalue weighted by molar-refractivity contribution is 6.34. The molecule has 0 saturated heterocycles. The van der Waals surface area contributed by atoms with Crippen molar-refractivity contribution in [1.82, 2.24) is 0 Å². The lowest BCUT2D eigenvalue weighted by molar-refractivity contribution is 0.0836. The maximum absolute atomic E-state index is 12.4. The largest absolute Gasteiger partial charge is 0.507 e. The Hall–Kier alpha value is -2.11. The molecule has 0 radical (unpaired) electrons. The van der Waals surface area contributed by atoms with E-state index in [1.54, 1.807) is 18.2 Å². The van der Waals surface area contributed by atoms with Gasteiger partial charge in [0.25, 0.3) is 0 Å². The fourth-order valence-corrected chi connectivity index (χ4v) is 3.10. The van der Waals surface area contributed by atoms with Crippen LogP contribution in [-0.4, -0.2) is 23.1 Å². The second kappa shape index (κ2) is 5.83. The Morgan fingerprint density at radius 1 is 1.17 bits per heavy atom. The molecule has 5 nitrogen and oxygen atoms in total. The van der Waals surface area contributed by atoms with Crippen molar-refractivity contribution in [3.63, 3.8) is 0 Å². The first-order valence-electron chi connectivity index (χ1n) is 6.69. The third-order valence-electron chi connectivity index (χ3n) is 3.59. The van der Waals surface area contributed by atoms with Crippen LogP contribution in [0.15, 0.2) is 24.3 Å². The molecule has 0 aliphatic carbocycles. The maximum atomic E-state index is 12.4. The van der Waals surface area contributed by atoms with Gasteiger partial charge in [-0.3, -0.25) is 4.79 Å². The first kappa shape index (κ1) is 15.8. The average molecular weight is 355 g/mol. The molecule has 0 saturated carbocycles. The minimum absolute atomic E-state index is 0.0109. The van der Waals surface area contributed by atoms with Gasteiger partial charge in [-0.05, 0) is 23.8 Å². The predicted octanol–water partition coefficient (Wildman–Crippen LogP) is 4.12. The highest BCUT2D eigenvalue weighted by atomic mass is 35.5. The Bertz CT molecular complexity index is 783. The molecular weight excluding hydrogens is 343 g/mol. The van der Waals surface area contributed by atoms with Gasteiger partial charge in [0.15, 0.2) is 17.3 Å². The third kappa shape index (κ3) is 2.78. The zero-order valence-electron chi connectivity index (χ0n) is 12.0. The number of ether oxygens (including phenoxy) is 2. The summed E-state index contributed by atoms with van der Waals surface area (Å²) in [6.45, 7) is 0. The SMILES string of the molecule is COc1cc(O)c2c(c1O)OC(c1cc(Cl)cc(Cl)c1)CC2=O. The third-order valence-corrected chi connectivity index (χ3v) is 4.02. The lowest BCUT2D eigenvalue weighted by Gasteiger charge is -2.27. The van der Waals surface area contributed by atoms with Gasteiger partial charge >= 0.3 is 0 Å². The van der Waals surface area contributed by atoms with Crippen LogP contribution in [0.4, 0.5) is 0 Å². The Labute approximate surface area is 142 Å². The monoisotopic (exact) mass is 354 g/mol. The van der Waals surface area contributed by atoms with Crippen LogP contribution in [0.5, 0.6) is 23.0 Å². The molecule has 7 heteroatoms. The Kier molecular flexibility index (Phi) is 4.00. The number of carbonyl (C=O) groups is 1. The highest BCUT2D eigenvalue weighted by Crippen LogP contribution is 2.49. The predicted molar refractivity (Wildman–Crippen MR) is 85.1 cm³/mol. The number of fused-ring (bicyclic) bond motifs is 1. The summed E-state index contributed by atoms with van der Waals surface area (Å²) in [7, 11) is 1.33. The van der Waals surface area contributed by atoms with Crippen LogP contribution in [0, 0.1) is 0 Å². The lowest BCUT2D eigenvalue weighted by Crippen LogP contribution is -2.20. The van der Waals surface area contributed by atoms with Gasteiger partial charge in [0.05, 0.1) is 13.5 Å². The summed E-state index contributed by atoms with van der Waals surface area (Å²) in [5.74, 6) is -1.10. The molecule has 2 aromatic rings. The van der Waals surface area contributed by atoms with Crippen molar-refractivity contribution in [1.29, 1.82) is 0 Å². The molecule has 1 aliphatic heterocycles. The summed E-state index contributed by atoms with van der Waals surface area (Å²) in [6.07, 6.45) is -0.688. The van der Waals surface area contributed by atoms with E-state index in [0.717, 1.165) is 0 Å². The second-order valence-electron chi connectivity index (χ2n) is 5.09. The van der Waals surface area contributed by atoms with E-state index < -0.39 is 6.10 Å². The number of hydrogen-bond acceptors (Lipinski definition) is 5. The first-order valence-corrected chi connectivity index (χ1v) is 7.45. The minimum atomic E-state index is -0.677. The van der Waals surface area contributed by atoms with Crippen molar-refractivity contribution >= 4 is 29.0 Å². The molecule has 1 atom stereocenters. The summed E-state index contributed by atoms with van der Waals surface area (Å²) in [4.78, 5) is 12.4. The minimum Gasteiger partial charge on any atom is -0.507 e. The molecule has 0 amide bonds. The van der Waals surface area contributed by atoms with Crippen molar-refractivity contribution in [3.05, 3.63) is 45.4 Å². The molecule has 0 bridgehead atoms. The van der Waals surface area contributed by atoms with Crippen molar-refractivity contribution in [2.45, 2.75) is 12.5 Å². The summed E-state index contributed by atoms with van der Waals surface area (Å²) in [5.41, 5.74) is 0.538. The van der Waals surface area contributed by atoms with Gasteiger partial charge in [-0.15, -0.1) is 0 Å². The Balaban J connectivity index is 2.09. The van der Waals surface area contributed by atoms with Gasteiger partial charge in [0, 0.05) is 16.1 Å². The van der Waals surface area contributed by atoms with Crippen LogP contribution in [0.3, 0.4) is 0 Å². The number of ketones is 1. The zero-order valence-corrected chi connectivity index (χ0v) is 13.5. The van der Waals surface area contributed by atoms with Gasteiger partial charge in [-0.25, -0.2) is 0 Å². The first-order chi connectivity index (χ1) is 10.9. The topological polar surface area (TPSA) is 76.0 Å². The number of benzene rings is 2. The molecular formula is C16H12Cl2O5. The van der Waals surface area contributed by atoms with E-state index in [1.165, 1.54) is 13.2 Å². The molecule has 2 N–H and O–H groups in total. The lowest BCUT2D eigenvalue weighted by atomic mass is 9.95. The van der Waals surface area contributed by atoms with E-state index in [2.05, 4.69) is 0 Å². The normalized spacial score (nSPS) is 16.7. The summed E-state index contributed by atoms with van der Waals surface area (Å²) < 4.78 is 10.7. The number of carbonyl (C=O) groups excluding carboxylic acids is 1. The maximum Gasteiger partial charge on any atom is 0.201 e. The van der Waals surface area contributed by atoms with Crippen molar-refractivity contribution in [2.75, 3.05) is 7.11 Å². The van der Waals surface area contributed by atoms with Crippen LogP contribution in [-0.2, 0) is 0 Å². The molecule has 23 heavy (non-hydrogen) atoms. The van der Waals surface area contributed by atoms with Crippen LogP contribution in [0.25, 0.3) is 0 Å². The molecule has 1 aliphatic rings. The Morgan fingerprint density at radius 3 is 2.43 bits per heavy atom. The molecule has 2 aromatic carbocycles. The van der Waals surface area contributed by atoms with Crippen molar-refractivity contribution in [3.8, 4) is 23.0 Å². The average Bonchev–Trinajstić information content (AvgIpc) is 2.49. The van der Waals surface area contributed by atoms with E-state index in [9.17, 15) is 15.0 Å². The van der Waals surface area contributed by atoms with E-state index in [1.807, 2.05) is 0 Å². The van der Waals surface area contributed by atoms with Crippen molar-refractivity contribution in [2.24, 2.45) is 0 Å². The molecule has 0 aromatic heterocycles. The number of phenols is 2. The number of aromatic hydroxyl groups is 2. The zero-order chi connectivity index (χ0) is 16.7. The quantitative estimate of drug-likeness (QED) is 0.793. The van der Waals surface area contributed by atoms with Crippen LogP contribution < -0.4 is 9.47 Å². The van der Waals surface area contributed by atoms with E-state index >= 15 is 0 Å². The fraction of sp³-hybridized carbons (Fsp3) is 0.188. The number of hydrogen-bond donors (Lipinski definition) is 2. The fourth-order valence-electron chi connectivity index (χ4n) is 2.55. The standard InChI is InChI=1S/C16H12Cl2O5/c1-22-13-6-11(20)14-10(19)5-12(23-16(14)15(13)21)7-2-8(17)4-9(18)3-7/h2-4,6,12,20-21H,5H2,1H3. The molecule has 0 fully saturated rings. The van der Waals surface area contributed by atoms with Gasteiger partial charge in [-0.2, -0.15) is 0 Å². The second-order valence-corrected chi connectivity index (χ2v) is 5.96. The molecule has 120 valence electrons. The summed E-state index contributed by atoms with van der Waals surface area (Å²) >= 11 is 12.0. The van der Waals surface area contributed by atoms with Crippen LogP contribution in [0.2, 0.25) is 10.0 Å². The number of Topliss-reactive ketones (excluding diaryl/α,β-unsaturated/α-hetero) is 1. The van der Waals surface area contributed by atoms with Crippen LogP contribution in [0.1, 0.15) is 28.4 Å². The molecule has 1 heterocycles. The van der Waals surface area contributed by atoms with Gasteiger partial charge < -0.3 is 19.7 Å². The summed E-state index contributed by atoms with van der Waals surface area (Å²) in [6, 6.07) is 6.00. The van der Waals surface area contributed by atoms with E-state index in [4.69, 9.17) is 32.7 Å². The van der Waals surface area contributed by atoms with Gasteiger partial charge in [0.1, 0.15) is 17.4 Å². The van der Waals surface area contributed by atoms with Gasteiger partial charge in [-0.1, -0.05) is 23.2 Å². The number of rotatable bonds is 2. The highest BCUT2D eigenvalue weighted by Gasteiger charge is 2.34. The number of phenolic OH excluding ortho intramolecular Hbond substituents is 2. The molecule has 3 rings (SSSR count). The van der Waals surface area contributed by atoms with Crippen LogP contribution >= 0.6 is 23.2 Å². The number of halogens is 2. The molecule has 0 spiro atoms. The van der Waals surface area contributed by atoms with E-state index in [0.29, 0.717) is 15.6 Å². The Morgan fingerprint density at radius 2 is 1.83 bits per heavy atom. The van der Waals surface area contributed by atoms with Gasteiger partial charge in [0.2, 0.25) is 5.75 Å².